The van der Waals surface area contributed by atoms with Gasteiger partial charge >= 0.3 is 0 Å². The van der Waals surface area contributed by atoms with Crippen LogP contribution in [0.3, 0.4) is 0 Å². The van der Waals surface area contributed by atoms with Crippen LogP contribution >= 0.6 is 27.5 Å². The van der Waals surface area contributed by atoms with Crippen molar-refractivity contribution in [3.8, 4) is 0 Å². The smallest absolute Gasteiger partial charge is 0.135 e. The third kappa shape index (κ3) is 3.38. The van der Waals surface area contributed by atoms with Crippen molar-refractivity contribution >= 4 is 33.3 Å². The summed E-state index contributed by atoms with van der Waals surface area (Å²) in [5.41, 5.74) is 1.21. The Morgan fingerprint density at radius 2 is 1.90 bits per heavy atom. The number of anilines is 1. The second-order valence-corrected chi connectivity index (χ2v) is 6.77. The minimum absolute atomic E-state index is 0.219. The highest BCUT2D eigenvalue weighted by atomic mass is 79.9. The molecule has 1 aromatic heterocycles. The van der Waals surface area contributed by atoms with Crippen molar-refractivity contribution in [2.45, 2.75) is 31.7 Å². The van der Waals surface area contributed by atoms with E-state index in [2.05, 4.69) is 51.9 Å². The van der Waals surface area contributed by atoms with Crippen molar-refractivity contribution in [3.63, 3.8) is 0 Å². The van der Waals surface area contributed by atoms with E-state index in [0.29, 0.717) is 5.92 Å². The van der Waals surface area contributed by atoms with Crippen LogP contribution in [-0.2, 0) is 0 Å². The highest BCUT2D eigenvalue weighted by Gasteiger charge is 2.28. The molecule has 5 heteroatoms. The highest BCUT2D eigenvalue weighted by Crippen LogP contribution is 2.39. The molecule has 2 aromatic rings. The molecule has 21 heavy (non-hydrogen) atoms. The van der Waals surface area contributed by atoms with Gasteiger partial charge in [0.05, 0.1) is 6.04 Å². The van der Waals surface area contributed by atoms with Gasteiger partial charge in [0.15, 0.2) is 0 Å². The zero-order valence-corrected chi connectivity index (χ0v) is 14.4. The molecule has 0 radical (unpaired) electrons. The predicted octanol–water partition coefficient (Wildman–Crippen LogP) is 4.97. The maximum Gasteiger partial charge on any atom is 0.135 e. The van der Waals surface area contributed by atoms with E-state index >= 15 is 0 Å². The van der Waals surface area contributed by atoms with E-state index in [0.717, 1.165) is 21.3 Å². The van der Waals surface area contributed by atoms with Gasteiger partial charge in [-0.1, -0.05) is 23.7 Å². The summed E-state index contributed by atoms with van der Waals surface area (Å²) in [6.45, 7) is 2.16. The molecule has 0 saturated heterocycles. The zero-order chi connectivity index (χ0) is 15.0. The lowest BCUT2D eigenvalue weighted by Gasteiger charge is -2.26. The Hall–Kier alpha value is -1.13. The summed E-state index contributed by atoms with van der Waals surface area (Å²) in [7, 11) is 2.06. The standard InChI is InChI=1S/C16H17BrClN3/c1-10(11-5-7-13(18)8-6-11)21(2)15-9-14(17)19-16(20-15)12-3-4-12/h5-10,12H,3-4H2,1-2H3. The fourth-order valence-corrected chi connectivity index (χ4v) is 2.80. The van der Waals surface area contributed by atoms with Crippen molar-refractivity contribution in [1.82, 2.24) is 9.97 Å². The topological polar surface area (TPSA) is 29.0 Å². The van der Waals surface area contributed by atoms with Crippen LogP contribution in [0, 0.1) is 0 Å². The summed E-state index contributed by atoms with van der Waals surface area (Å²) in [4.78, 5) is 11.4. The molecule has 1 aromatic carbocycles. The summed E-state index contributed by atoms with van der Waals surface area (Å²) >= 11 is 9.45. The molecule has 1 heterocycles. The number of hydrogen-bond donors (Lipinski definition) is 0. The van der Waals surface area contributed by atoms with Gasteiger partial charge in [-0.3, -0.25) is 0 Å². The summed E-state index contributed by atoms with van der Waals surface area (Å²) in [5.74, 6) is 2.44. The van der Waals surface area contributed by atoms with Gasteiger partial charge in [-0.15, -0.1) is 0 Å². The maximum atomic E-state index is 5.96. The Morgan fingerprint density at radius 3 is 2.52 bits per heavy atom. The van der Waals surface area contributed by atoms with Crippen LogP contribution in [0.15, 0.2) is 34.9 Å². The number of halogens is 2. The van der Waals surface area contributed by atoms with Crippen LogP contribution in [0.5, 0.6) is 0 Å². The van der Waals surface area contributed by atoms with Crippen molar-refractivity contribution in [2.75, 3.05) is 11.9 Å². The van der Waals surface area contributed by atoms with Gasteiger partial charge in [-0.25, -0.2) is 9.97 Å². The lowest BCUT2D eigenvalue weighted by atomic mass is 10.1. The molecule has 110 valence electrons. The van der Waals surface area contributed by atoms with Crippen LogP contribution in [0.2, 0.25) is 5.02 Å². The first kappa shape index (κ1) is 14.8. The third-order valence-electron chi connectivity index (χ3n) is 3.94. The van der Waals surface area contributed by atoms with E-state index in [1.165, 1.54) is 18.4 Å². The van der Waals surface area contributed by atoms with Crippen LogP contribution in [-0.4, -0.2) is 17.0 Å². The van der Waals surface area contributed by atoms with Gasteiger partial charge in [0, 0.05) is 24.1 Å². The first-order chi connectivity index (χ1) is 10.0. The Bertz CT molecular complexity index is 640. The SMILES string of the molecule is CC(c1ccc(Cl)cc1)N(C)c1cc(Br)nc(C2CC2)n1. The summed E-state index contributed by atoms with van der Waals surface area (Å²) in [5, 5.41) is 0.759. The summed E-state index contributed by atoms with van der Waals surface area (Å²) in [6, 6.07) is 10.2. The van der Waals surface area contributed by atoms with Crippen LogP contribution < -0.4 is 4.90 Å². The molecule has 0 N–H and O–H groups in total. The first-order valence-electron chi connectivity index (χ1n) is 7.07. The van der Waals surface area contributed by atoms with Gasteiger partial charge < -0.3 is 4.90 Å². The molecule has 0 spiro atoms. The molecular weight excluding hydrogens is 350 g/mol. The van der Waals surface area contributed by atoms with Gasteiger partial charge in [0.1, 0.15) is 16.2 Å². The molecule has 3 rings (SSSR count). The quantitative estimate of drug-likeness (QED) is 0.716. The Balaban J connectivity index is 1.86. The van der Waals surface area contributed by atoms with E-state index in [-0.39, 0.29) is 6.04 Å². The van der Waals surface area contributed by atoms with Crippen molar-refractivity contribution in [3.05, 3.63) is 51.3 Å². The molecular formula is C16H17BrClN3. The number of hydrogen-bond acceptors (Lipinski definition) is 3. The highest BCUT2D eigenvalue weighted by molar-refractivity contribution is 9.10. The minimum Gasteiger partial charge on any atom is -0.353 e. The predicted molar refractivity (Wildman–Crippen MR) is 90.0 cm³/mol. The summed E-state index contributed by atoms with van der Waals surface area (Å²) in [6.07, 6.45) is 2.40. The zero-order valence-electron chi connectivity index (χ0n) is 12.1. The Morgan fingerprint density at radius 1 is 1.24 bits per heavy atom. The van der Waals surface area contributed by atoms with Crippen LogP contribution in [0.25, 0.3) is 0 Å². The molecule has 1 unspecified atom stereocenters. The molecule has 3 nitrogen and oxygen atoms in total. The van der Waals surface area contributed by atoms with Gasteiger partial charge in [0.25, 0.3) is 0 Å². The second-order valence-electron chi connectivity index (χ2n) is 5.52. The average Bonchev–Trinajstić information content (AvgIpc) is 3.30. The first-order valence-corrected chi connectivity index (χ1v) is 8.24. The number of rotatable bonds is 4. The van der Waals surface area contributed by atoms with Crippen LogP contribution in [0.1, 0.15) is 43.1 Å². The fourth-order valence-electron chi connectivity index (χ4n) is 2.29. The molecule has 0 amide bonds. The lowest BCUT2D eigenvalue weighted by Crippen LogP contribution is -2.23. The maximum absolute atomic E-state index is 5.96. The van der Waals surface area contributed by atoms with E-state index < -0.39 is 0 Å². The number of aromatic nitrogens is 2. The van der Waals surface area contributed by atoms with Gasteiger partial charge in [-0.2, -0.15) is 0 Å². The average molecular weight is 367 g/mol. The second kappa shape index (κ2) is 5.93. The van der Waals surface area contributed by atoms with E-state index in [4.69, 9.17) is 16.6 Å². The summed E-state index contributed by atoms with van der Waals surface area (Å²) < 4.78 is 0.851. The molecule has 1 aliphatic carbocycles. The van der Waals surface area contributed by atoms with E-state index in [1.54, 1.807) is 0 Å². The lowest BCUT2D eigenvalue weighted by molar-refractivity contribution is 0.720. The Kier molecular flexibility index (Phi) is 4.18. The van der Waals surface area contributed by atoms with Gasteiger partial charge in [0.2, 0.25) is 0 Å². The van der Waals surface area contributed by atoms with Crippen LogP contribution in [0.4, 0.5) is 5.82 Å². The molecule has 0 aliphatic heterocycles. The third-order valence-corrected chi connectivity index (χ3v) is 4.59. The van der Waals surface area contributed by atoms with E-state index in [9.17, 15) is 0 Å². The van der Waals surface area contributed by atoms with E-state index in [1.807, 2.05) is 18.2 Å². The van der Waals surface area contributed by atoms with Crippen molar-refractivity contribution < 1.29 is 0 Å². The van der Waals surface area contributed by atoms with Gasteiger partial charge in [-0.05, 0) is 53.4 Å². The van der Waals surface area contributed by atoms with Crippen molar-refractivity contribution in [1.29, 1.82) is 0 Å². The number of benzene rings is 1. The molecule has 1 aliphatic rings. The molecule has 0 bridgehead atoms. The largest absolute Gasteiger partial charge is 0.353 e. The monoisotopic (exact) mass is 365 g/mol. The van der Waals surface area contributed by atoms with Crippen molar-refractivity contribution in [2.24, 2.45) is 0 Å². The number of nitrogens with zero attached hydrogens (tertiary/aromatic N) is 3. The molecule has 1 saturated carbocycles. The minimum atomic E-state index is 0.219. The Labute approximate surface area is 138 Å². The molecule has 1 atom stereocenters. The molecule has 1 fully saturated rings. The fraction of sp³-hybridized carbons (Fsp3) is 0.375. The normalized spacial score (nSPS) is 15.8.